The van der Waals surface area contributed by atoms with Crippen LogP contribution in [-0.4, -0.2) is 45.7 Å². The van der Waals surface area contributed by atoms with Gasteiger partial charge in [-0.1, -0.05) is 12.1 Å². The normalized spacial score (nSPS) is 18.1. The molecule has 34 heavy (non-hydrogen) atoms. The van der Waals surface area contributed by atoms with E-state index in [1.807, 2.05) is 35.9 Å². The van der Waals surface area contributed by atoms with Gasteiger partial charge in [-0.25, -0.2) is 9.97 Å². The van der Waals surface area contributed by atoms with E-state index in [1.54, 1.807) is 6.20 Å². The number of ether oxygens (including phenoxy) is 1. The number of hydrogen-bond acceptors (Lipinski definition) is 7. The molecule has 8 nitrogen and oxygen atoms in total. The summed E-state index contributed by atoms with van der Waals surface area (Å²) in [5.74, 6) is 2.38. The van der Waals surface area contributed by atoms with Crippen LogP contribution in [0.25, 0.3) is 16.7 Å². The maximum atomic E-state index is 9.44. The molecule has 1 N–H and O–H groups in total. The summed E-state index contributed by atoms with van der Waals surface area (Å²) in [6.07, 6.45) is 7.85. The Hall–Kier alpha value is -3.70. The first-order valence-corrected chi connectivity index (χ1v) is 11.8. The Morgan fingerprint density at radius 3 is 2.82 bits per heavy atom. The van der Waals surface area contributed by atoms with E-state index in [0.29, 0.717) is 16.8 Å². The van der Waals surface area contributed by atoms with E-state index >= 15 is 0 Å². The van der Waals surface area contributed by atoms with Crippen LogP contribution in [0.1, 0.15) is 42.5 Å². The van der Waals surface area contributed by atoms with Crippen LogP contribution in [0, 0.1) is 23.7 Å². The number of pyridine rings is 1. The van der Waals surface area contributed by atoms with E-state index in [2.05, 4.69) is 40.3 Å². The highest BCUT2D eigenvalue weighted by Crippen LogP contribution is 2.42. The van der Waals surface area contributed by atoms with Crippen LogP contribution in [0.3, 0.4) is 0 Å². The lowest BCUT2D eigenvalue weighted by molar-refractivity contribution is -0.000443. The van der Waals surface area contributed by atoms with Crippen LogP contribution >= 0.6 is 0 Å². The van der Waals surface area contributed by atoms with E-state index in [0.717, 1.165) is 72.8 Å². The molecule has 2 saturated heterocycles. The standard InChI is InChI=1S/C26H27N7O/c1-17-19(13-27)4-3-5-20(17)18(2)30-24-21-12-23(32-15-26(16-32)6-10-34-11-7-26)29-14-22(21)33-9-8-28-25(33)31-24/h3-5,8-9,12,14,18H,6-7,10-11,15-16H2,1-2H3,(H,28,30,31)/t18-/m1/s1. The van der Waals surface area contributed by atoms with Gasteiger partial charge in [0.05, 0.1) is 29.4 Å². The Labute approximate surface area is 198 Å². The van der Waals surface area contributed by atoms with E-state index < -0.39 is 0 Å². The monoisotopic (exact) mass is 453 g/mol. The van der Waals surface area contributed by atoms with Crippen molar-refractivity contribution >= 4 is 28.3 Å². The molecule has 1 spiro atoms. The molecule has 2 fully saturated rings. The van der Waals surface area contributed by atoms with Gasteiger partial charge in [0, 0.05) is 49.5 Å². The number of hydrogen-bond donors (Lipinski definition) is 1. The summed E-state index contributed by atoms with van der Waals surface area (Å²) in [5.41, 5.74) is 4.10. The number of benzene rings is 1. The van der Waals surface area contributed by atoms with Crippen molar-refractivity contribution in [3.05, 3.63) is 59.5 Å². The van der Waals surface area contributed by atoms with E-state index in [-0.39, 0.29) is 6.04 Å². The average molecular weight is 454 g/mol. The summed E-state index contributed by atoms with van der Waals surface area (Å²) in [7, 11) is 0. The molecule has 2 aliphatic rings. The van der Waals surface area contributed by atoms with Crippen LogP contribution in [0.2, 0.25) is 0 Å². The second kappa shape index (κ2) is 7.96. The Bertz CT molecular complexity index is 1420. The fourth-order valence-corrected chi connectivity index (χ4v) is 5.40. The summed E-state index contributed by atoms with van der Waals surface area (Å²) in [6, 6.07) is 10.2. The third-order valence-electron chi connectivity index (χ3n) is 7.46. The van der Waals surface area contributed by atoms with Gasteiger partial charge in [-0.3, -0.25) is 4.40 Å². The molecule has 6 rings (SSSR count). The number of aromatic nitrogens is 4. The molecule has 0 bridgehead atoms. The van der Waals surface area contributed by atoms with E-state index in [9.17, 15) is 5.26 Å². The summed E-state index contributed by atoms with van der Waals surface area (Å²) >= 11 is 0. The minimum atomic E-state index is -0.0347. The highest BCUT2D eigenvalue weighted by atomic mass is 16.5. The maximum absolute atomic E-state index is 9.44. The molecule has 8 heteroatoms. The van der Waals surface area contributed by atoms with Crippen molar-refractivity contribution in [2.45, 2.75) is 32.7 Å². The molecule has 0 amide bonds. The van der Waals surface area contributed by atoms with Gasteiger partial charge in [0.15, 0.2) is 0 Å². The van der Waals surface area contributed by atoms with Gasteiger partial charge in [-0.05, 0) is 49.9 Å². The minimum Gasteiger partial charge on any atom is -0.381 e. The molecule has 0 unspecified atom stereocenters. The van der Waals surface area contributed by atoms with Crippen LogP contribution < -0.4 is 10.2 Å². The molecule has 1 aromatic carbocycles. The Morgan fingerprint density at radius 2 is 2.03 bits per heavy atom. The van der Waals surface area contributed by atoms with Crippen molar-refractivity contribution in [1.29, 1.82) is 5.26 Å². The predicted molar refractivity (Wildman–Crippen MR) is 131 cm³/mol. The van der Waals surface area contributed by atoms with Crippen LogP contribution in [0.5, 0.6) is 0 Å². The average Bonchev–Trinajstić information content (AvgIpc) is 3.31. The Morgan fingerprint density at radius 1 is 1.21 bits per heavy atom. The molecule has 5 heterocycles. The number of nitrogens with one attached hydrogen (secondary N) is 1. The van der Waals surface area contributed by atoms with Crippen molar-refractivity contribution in [3.63, 3.8) is 0 Å². The molecule has 0 aliphatic carbocycles. The van der Waals surface area contributed by atoms with Crippen LogP contribution in [-0.2, 0) is 4.74 Å². The first-order chi connectivity index (χ1) is 16.6. The molecule has 172 valence electrons. The van der Waals surface area contributed by atoms with Gasteiger partial charge in [0.2, 0.25) is 5.78 Å². The summed E-state index contributed by atoms with van der Waals surface area (Å²) in [4.78, 5) is 16.4. The lowest BCUT2D eigenvalue weighted by Gasteiger charge is -2.52. The van der Waals surface area contributed by atoms with Gasteiger partial charge in [-0.15, -0.1) is 0 Å². The number of imidazole rings is 1. The first-order valence-electron chi connectivity index (χ1n) is 11.8. The van der Waals surface area contributed by atoms with Crippen LogP contribution in [0.15, 0.2) is 42.9 Å². The summed E-state index contributed by atoms with van der Waals surface area (Å²) in [6.45, 7) is 7.86. The quantitative estimate of drug-likeness (QED) is 0.494. The number of anilines is 2. The fraction of sp³-hybridized carbons (Fsp3) is 0.385. The third-order valence-corrected chi connectivity index (χ3v) is 7.46. The van der Waals surface area contributed by atoms with Crippen molar-refractivity contribution < 1.29 is 4.74 Å². The summed E-state index contributed by atoms with van der Waals surface area (Å²) < 4.78 is 7.54. The molecule has 4 aromatic rings. The van der Waals surface area contributed by atoms with Crippen molar-refractivity contribution in [2.75, 3.05) is 36.5 Å². The molecule has 0 radical (unpaired) electrons. The number of nitriles is 1. The molecule has 0 saturated carbocycles. The smallest absolute Gasteiger partial charge is 0.236 e. The minimum absolute atomic E-state index is 0.0347. The molecular weight excluding hydrogens is 426 g/mol. The van der Waals surface area contributed by atoms with Gasteiger partial charge in [0.1, 0.15) is 11.6 Å². The number of nitrogens with zero attached hydrogens (tertiary/aromatic N) is 6. The fourth-order valence-electron chi connectivity index (χ4n) is 5.40. The second-order valence-corrected chi connectivity index (χ2v) is 9.58. The summed E-state index contributed by atoms with van der Waals surface area (Å²) in [5, 5.41) is 14.0. The largest absolute Gasteiger partial charge is 0.381 e. The zero-order valence-corrected chi connectivity index (χ0v) is 19.5. The van der Waals surface area contributed by atoms with E-state index in [1.165, 1.54) is 0 Å². The third kappa shape index (κ3) is 3.35. The topological polar surface area (TPSA) is 91.4 Å². The van der Waals surface area contributed by atoms with Crippen molar-refractivity contribution in [1.82, 2.24) is 19.4 Å². The van der Waals surface area contributed by atoms with Crippen molar-refractivity contribution in [3.8, 4) is 6.07 Å². The molecule has 2 aliphatic heterocycles. The highest BCUT2D eigenvalue weighted by Gasteiger charge is 2.44. The SMILES string of the molecule is Cc1c(C#N)cccc1[C@@H](C)Nc1nc2nccn2c2cnc(N3CC4(CCOCC4)C3)cc12. The van der Waals surface area contributed by atoms with Gasteiger partial charge >= 0.3 is 0 Å². The maximum Gasteiger partial charge on any atom is 0.236 e. The molecule has 3 aromatic heterocycles. The Balaban J connectivity index is 1.37. The predicted octanol–water partition coefficient (Wildman–Crippen LogP) is 4.25. The van der Waals surface area contributed by atoms with Crippen molar-refractivity contribution in [2.24, 2.45) is 5.41 Å². The lowest BCUT2D eigenvalue weighted by Crippen LogP contribution is -2.58. The molecular formula is C26H27N7O. The Kier molecular flexibility index (Phi) is 4.89. The van der Waals surface area contributed by atoms with Gasteiger partial charge in [-0.2, -0.15) is 10.2 Å². The van der Waals surface area contributed by atoms with Crippen LogP contribution in [0.4, 0.5) is 11.6 Å². The van der Waals surface area contributed by atoms with E-state index in [4.69, 9.17) is 14.7 Å². The zero-order valence-electron chi connectivity index (χ0n) is 19.5. The zero-order chi connectivity index (χ0) is 23.3. The number of fused-ring (bicyclic) bond motifs is 3. The highest BCUT2D eigenvalue weighted by molar-refractivity contribution is 5.92. The second-order valence-electron chi connectivity index (χ2n) is 9.58. The first kappa shape index (κ1) is 20.9. The van der Waals surface area contributed by atoms with Gasteiger partial charge in [0.25, 0.3) is 0 Å². The molecule has 1 atom stereocenters. The number of rotatable bonds is 4. The lowest BCUT2D eigenvalue weighted by atomic mass is 9.73. The van der Waals surface area contributed by atoms with Gasteiger partial charge < -0.3 is 15.0 Å².